The van der Waals surface area contributed by atoms with Crippen molar-refractivity contribution in [2.45, 2.75) is 19.3 Å². The third kappa shape index (κ3) is 5.68. The van der Waals surface area contributed by atoms with Crippen molar-refractivity contribution in [3.8, 4) is 0 Å². The van der Waals surface area contributed by atoms with E-state index in [0.29, 0.717) is 12.8 Å². The van der Waals surface area contributed by atoms with E-state index in [1.807, 2.05) is 4.72 Å². The van der Waals surface area contributed by atoms with E-state index >= 15 is 0 Å². The van der Waals surface area contributed by atoms with Crippen molar-refractivity contribution in [3.63, 3.8) is 0 Å². The molecule has 18 heavy (non-hydrogen) atoms. The molecule has 0 aromatic heterocycles. The predicted molar refractivity (Wildman–Crippen MR) is 70.4 cm³/mol. The van der Waals surface area contributed by atoms with Gasteiger partial charge < -0.3 is 0 Å². The highest BCUT2D eigenvalue weighted by Crippen LogP contribution is 2.24. The standard InChI is InChI=1S/C10H11Cl2NO4S/c11-8-5-4-7(2-1-3-10(12)14)6-9(8)13-18(15,16)17/h4-6,13H,1-3H2,(H,15,16,17). The van der Waals surface area contributed by atoms with Crippen molar-refractivity contribution in [2.75, 3.05) is 4.72 Å². The maximum Gasteiger partial charge on any atom is 0.357 e. The highest BCUT2D eigenvalue weighted by molar-refractivity contribution is 7.87. The summed E-state index contributed by atoms with van der Waals surface area (Å²) < 4.78 is 31.9. The van der Waals surface area contributed by atoms with Crippen molar-refractivity contribution in [1.29, 1.82) is 0 Å². The minimum absolute atomic E-state index is 0.0915. The fourth-order valence-corrected chi connectivity index (χ4v) is 2.18. The molecule has 0 aliphatic heterocycles. The quantitative estimate of drug-likeness (QED) is 0.625. The predicted octanol–water partition coefficient (Wildman–Crippen LogP) is 2.64. The van der Waals surface area contributed by atoms with E-state index in [1.165, 1.54) is 12.1 Å². The summed E-state index contributed by atoms with van der Waals surface area (Å²) in [4.78, 5) is 10.6. The Labute approximate surface area is 115 Å². The van der Waals surface area contributed by atoms with Crippen LogP contribution in [0.4, 0.5) is 5.69 Å². The lowest BCUT2D eigenvalue weighted by molar-refractivity contribution is -0.111. The number of rotatable bonds is 6. The van der Waals surface area contributed by atoms with Crippen LogP contribution in [0.15, 0.2) is 18.2 Å². The van der Waals surface area contributed by atoms with Crippen LogP contribution < -0.4 is 4.72 Å². The minimum atomic E-state index is -4.36. The van der Waals surface area contributed by atoms with Gasteiger partial charge in [0.1, 0.15) is 0 Å². The fraction of sp³-hybridized carbons (Fsp3) is 0.300. The van der Waals surface area contributed by atoms with Crippen LogP contribution in [-0.2, 0) is 21.5 Å². The average Bonchev–Trinajstić information content (AvgIpc) is 2.20. The molecule has 0 bridgehead atoms. The number of carbonyl (C=O) groups excluding carboxylic acids is 1. The topological polar surface area (TPSA) is 83.5 Å². The second kappa shape index (κ2) is 6.38. The summed E-state index contributed by atoms with van der Waals surface area (Å²) in [5.41, 5.74) is 0.873. The second-order valence-corrected chi connectivity index (χ2v) is 5.58. The zero-order valence-electron chi connectivity index (χ0n) is 9.19. The van der Waals surface area contributed by atoms with Crippen molar-refractivity contribution >= 4 is 44.4 Å². The first kappa shape index (κ1) is 15.2. The maximum absolute atomic E-state index is 10.7. The van der Waals surface area contributed by atoms with Gasteiger partial charge in [0.2, 0.25) is 5.24 Å². The van der Waals surface area contributed by atoms with Gasteiger partial charge in [-0.3, -0.25) is 14.1 Å². The van der Waals surface area contributed by atoms with Crippen LogP contribution in [0.25, 0.3) is 0 Å². The van der Waals surface area contributed by atoms with Crippen LogP contribution in [0, 0.1) is 0 Å². The van der Waals surface area contributed by atoms with Gasteiger partial charge in [-0.1, -0.05) is 17.7 Å². The highest BCUT2D eigenvalue weighted by atomic mass is 35.5. The Kier molecular flexibility index (Phi) is 5.40. The van der Waals surface area contributed by atoms with Gasteiger partial charge >= 0.3 is 10.3 Å². The third-order valence-electron chi connectivity index (χ3n) is 2.11. The Morgan fingerprint density at radius 1 is 1.39 bits per heavy atom. The van der Waals surface area contributed by atoms with Crippen LogP contribution in [0.2, 0.25) is 5.02 Å². The average molecular weight is 312 g/mol. The van der Waals surface area contributed by atoms with Gasteiger partial charge in [0.15, 0.2) is 0 Å². The SMILES string of the molecule is O=C(Cl)CCCc1ccc(Cl)c(NS(=O)(=O)O)c1. The lowest BCUT2D eigenvalue weighted by Gasteiger charge is -2.07. The molecule has 8 heteroatoms. The number of hydrogen-bond donors (Lipinski definition) is 2. The Hall–Kier alpha value is -0.820. The molecule has 0 saturated heterocycles. The first-order chi connectivity index (χ1) is 8.28. The number of carbonyl (C=O) groups is 1. The minimum Gasteiger partial charge on any atom is -0.281 e. The monoisotopic (exact) mass is 311 g/mol. The first-order valence-electron chi connectivity index (χ1n) is 5.00. The maximum atomic E-state index is 10.7. The molecule has 0 unspecified atom stereocenters. The molecule has 0 saturated carbocycles. The Morgan fingerprint density at radius 3 is 2.61 bits per heavy atom. The zero-order valence-corrected chi connectivity index (χ0v) is 11.5. The number of anilines is 1. The number of aryl methyl sites for hydroxylation is 1. The molecule has 0 heterocycles. The summed E-state index contributed by atoms with van der Waals surface area (Å²) in [7, 11) is -4.36. The lowest BCUT2D eigenvalue weighted by Crippen LogP contribution is -2.11. The molecule has 1 aromatic rings. The van der Waals surface area contributed by atoms with Crippen molar-refractivity contribution < 1.29 is 17.8 Å². The second-order valence-electron chi connectivity index (χ2n) is 3.60. The molecule has 1 aromatic carbocycles. The molecule has 100 valence electrons. The zero-order chi connectivity index (χ0) is 13.8. The van der Waals surface area contributed by atoms with E-state index in [9.17, 15) is 13.2 Å². The molecule has 0 aliphatic rings. The van der Waals surface area contributed by atoms with E-state index in [2.05, 4.69) is 0 Å². The van der Waals surface area contributed by atoms with Crippen LogP contribution >= 0.6 is 23.2 Å². The van der Waals surface area contributed by atoms with Gasteiger partial charge in [-0.15, -0.1) is 0 Å². The van der Waals surface area contributed by atoms with Crippen LogP contribution in [0.3, 0.4) is 0 Å². The molecule has 1 rings (SSSR count). The molecule has 0 fully saturated rings. The molecule has 0 radical (unpaired) electrons. The van der Waals surface area contributed by atoms with Crippen LogP contribution in [0.1, 0.15) is 18.4 Å². The number of benzene rings is 1. The van der Waals surface area contributed by atoms with Crippen molar-refractivity contribution in [3.05, 3.63) is 28.8 Å². The summed E-state index contributed by atoms with van der Waals surface area (Å²) >= 11 is 11.0. The van der Waals surface area contributed by atoms with Gasteiger partial charge in [0.25, 0.3) is 0 Å². The van der Waals surface area contributed by atoms with Gasteiger partial charge in [0, 0.05) is 6.42 Å². The smallest absolute Gasteiger partial charge is 0.281 e. The summed E-state index contributed by atoms with van der Waals surface area (Å²) in [5.74, 6) is 0. The summed E-state index contributed by atoms with van der Waals surface area (Å²) in [6.45, 7) is 0. The normalized spacial score (nSPS) is 11.3. The molecule has 5 nitrogen and oxygen atoms in total. The molecule has 0 aliphatic carbocycles. The fourth-order valence-electron chi connectivity index (χ4n) is 1.38. The van der Waals surface area contributed by atoms with E-state index in [0.717, 1.165) is 5.56 Å². The Morgan fingerprint density at radius 2 is 2.06 bits per heavy atom. The van der Waals surface area contributed by atoms with Gasteiger partial charge in [-0.05, 0) is 42.1 Å². The largest absolute Gasteiger partial charge is 0.357 e. The molecular weight excluding hydrogens is 301 g/mol. The van der Waals surface area contributed by atoms with Crippen LogP contribution in [-0.4, -0.2) is 18.2 Å². The number of hydrogen-bond acceptors (Lipinski definition) is 3. The summed E-state index contributed by atoms with van der Waals surface area (Å²) in [6.07, 6.45) is 1.34. The van der Waals surface area contributed by atoms with Crippen molar-refractivity contribution in [2.24, 2.45) is 0 Å². The first-order valence-corrected chi connectivity index (χ1v) is 7.19. The Balaban J connectivity index is 2.77. The van der Waals surface area contributed by atoms with Gasteiger partial charge in [-0.25, -0.2) is 0 Å². The molecule has 0 amide bonds. The lowest BCUT2D eigenvalue weighted by atomic mass is 10.1. The third-order valence-corrected chi connectivity index (χ3v) is 3.10. The van der Waals surface area contributed by atoms with Crippen molar-refractivity contribution in [1.82, 2.24) is 0 Å². The molecule has 0 spiro atoms. The number of nitrogens with one attached hydrogen (secondary N) is 1. The van der Waals surface area contributed by atoms with Gasteiger partial charge in [0.05, 0.1) is 10.7 Å². The highest BCUT2D eigenvalue weighted by Gasteiger charge is 2.09. The van der Waals surface area contributed by atoms with E-state index in [4.69, 9.17) is 27.8 Å². The van der Waals surface area contributed by atoms with E-state index in [-0.39, 0.29) is 17.1 Å². The molecule has 0 atom stereocenters. The van der Waals surface area contributed by atoms with Gasteiger partial charge in [-0.2, -0.15) is 8.42 Å². The Bertz CT molecular complexity index is 545. The van der Waals surface area contributed by atoms with Crippen LogP contribution in [0.5, 0.6) is 0 Å². The molecular formula is C10H11Cl2NO4S. The number of halogens is 2. The molecule has 2 N–H and O–H groups in total. The van der Waals surface area contributed by atoms with E-state index in [1.54, 1.807) is 6.07 Å². The van der Waals surface area contributed by atoms with E-state index < -0.39 is 15.5 Å². The summed E-state index contributed by atoms with van der Waals surface area (Å²) in [5, 5.41) is -0.245. The summed E-state index contributed by atoms with van der Waals surface area (Å²) in [6, 6.07) is 4.71.